The van der Waals surface area contributed by atoms with Crippen molar-refractivity contribution in [1.82, 2.24) is 4.31 Å². The molecule has 0 aromatic heterocycles. The van der Waals surface area contributed by atoms with Crippen LogP contribution < -0.4 is 0 Å². The minimum atomic E-state index is -3.46. The zero-order valence-corrected chi connectivity index (χ0v) is 15.6. The first-order chi connectivity index (χ1) is 11.3. The normalized spacial score (nSPS) is 21.2. The molecule has 24 heavy (non-hydrogen) atoms. The van der Waals surface area contributed by atoms with Gasteiger partial charge in [0.15, 0.2) is 0 Å². The van der Waals surface area contributed by atoms with E-state index in [0.717, 1.165) is 30.0 Å². The molecule has 3 nitrogen and oxygen atoms in total. The number of fused-ring (bicyclic) bond motifs is 1. The molecule has 0 amide bonds. The van der Waals surface area contributed by atoms with Gasteiger partial charge in [0.25, 0.3) is 0 Å². The highest BCUT2D eigenvalue weighted by molar-refractivity contribution is 7.89. The van der Waals surface area contributed by atoms with Crippen molar-refractivity contribution < 1.29 is 8.42 Å². The minimum absolute atomic E-state index is 0.107. The Bertz CT molecular complexity index is 826. The van der Waals surface area contributed by atoms with Crippen molar-refractivity contribution in [2.24, 2.45) is 5.41 Å². The molecule has 3 rings (SSSR count). The summed E-state index contributed by atoms with van der Waals surface area (Å²) in [6.07, 6.45) is 4.18. The second-order valence-corrected chi connectivity index (χ2v) is 9.52. The molecular weight excluding hydrogens is 318 g/mol. The molecule has 0 bridgehead atoms. The van der Waals surface area contributed by atoms with E-state index in [0.29, 0.717) is 11.4 Å². The van der Waals surface area contributed by atoms with E-state index >= 15 is 0 Å². The fraction of sp³-hybridized carbons (Fsp3) is 0.500. The summed E-state index contributed by atoms with van der Waals surface area (Å²) < 4.78 is 28.2. The lowest BCUT2D eigenvalue weighted by Gasteiger charge is -2.40. The highest BCUT2D eigenvalue weighted by Gasteiger charge is 2.36. The van der Waals surface area contributed by atoms with Gasteiger partial charge in [0, 0.05) is 12.6 Å². The molecule has 4 heteroatoms. The lowest BCUT2D eigenvalue weighted by atomic mass is 9.75. The summed E-state index contributed by atoms with van der Waals surface area (Å²) in [6, 6.07) is 13.5. The Morgan fingerprint density at radius 2 is 1.83 bits per heavy atom. The Balaban J connectivity index is 1.96. The van der Waals surface area contributed by atoms with Crippen LogP contribution in [0.5, 0.6) is 0 Å². The smallest absolute Gasteiger partial charge is 0.207 e. The molecule has 0 saturated heterocycles. The molecule has 1 aliphatic rings. The molecule has 0 aliphatic heterocycles. The van der Waals surface area contributed by atoms with Crippen molar-refractivity contribution >= 4 is 20.8 Å². The third-order valence-corrected chi connectivity index (χ3v) is 7.25. The molecule has 0 heterocycles. The molecule has 2 aromatic rings. The van der Waals surface area contributed by atoms with Gasteiger partial charge in [-0.1, -0.05) is 57.5 Å². The average Bonchev–Trinajstić information content (AvgIpc) is 2.54. The molecule has 1 atom stereocenters. The number of nitrogens with zero attached hydrogens (tertiary/aromatic N) is 1. The van der Waals surface area contributed by atoms with Crippen LogP contribution in [0.1, 0.15) is 46.5 Å². The second kappa shape index (κ2) is 6.49. The van der Waals surface area contributed by atoms with Gasteiger partial charge in [-0.05, 0) is 47.6 Å². The van der Waals surface area contributed by atoms with Crippen molar-refractivity contribution in [3.8, 4) is 0 Å². The van der Waals surface area contributed by atoms with Gasteiger partial charge in [-0.2, -0.15) is 4.31 Å². The Labute approximate surface area is 145 Å². The van der Waals surface area contributed by atoms with Gasteiger partial charge in [0.05, 0.1) is 4.90 Å². The van der Waals surface area contributed by atoms with Gasteiger partial charge in [-0.3, -0.25) is 0 Å². The number of hydrogen-bond acceptors (Lipinski definition) is 2. The van der Waals surface area contributed by atoms with E-state index in [1.54, 1.807) is 16.4 Å². The Kier molecular flexibility index (Phi) is 4.71. The largest absolute Gasteiger partial charge is 0.243 e. The molecule has 2 aromatic carbocycles. The predicted octanol–water partition coefficient (Wildman–Crippen LogP) is 4.82. The first kappa shape index (κ1) is 17.4. The van der Waals surface area contributed by atoms with Crippen molar-refractivity contribution in [2.45, 2.75) is 57.4 Å². The molecule has 1 saturated carbocycles. The van der Waals surface area contributed by atoms with E-state index in [1.165, 1.54) is 6.42 Å². The Hall–Kier alpha value is -1.39. The van der Waals surface area contributed by atoms with Crippen LogP contribution in [-0.2, 0) is 10.0 Å². The van der Waals surface area contributed by atoms with Crippen LogP contribution >= 0.6 is 0 Å². The molecular formula is C20H27NO2S. The molecule has 1 aliphatic carbocycles. The van der Waals surface area contributed by atoms with Crippen LogP contribution in [0.25, 0.3) is 10.8 Å². The summed E-state index contributed by atoms with van der Waals surface area (Å²) in [7, 11) is -3.46. The van der Waals surface area contributed by atoms with Gasteiger partial charge in [-0.25, -0.2) is 8.42 Å². The molecule has 0 radical (unpaired) electrons. The molecule has 0 spiro atoms. The van der Waals surface area contributed by atoms with Crippen LogP contribution in [0, 0.1) is 5.41 Å². The maximum Gasteiger partial charge on any atom is 0.243 e. The van der Waals surface area contributed by atoms with E-state index in [2.05, 4.69) is 13.8 Å². The zero-order chi connectivity index (χ0) is 17.4. The lowest BCUT2D eigenvalue weighted by molar-refractivity contribution is 0.152. The van der Waals surface area contributed by atoms with E-state index in [4.69, 9.17) is 0 Å². The second-order valence-electron chi connectivity index (χ2n) is 7.63. The van der Waals surface area contributed by atoms with Crippen molar-refractivity contribution in [3.05, 3.63) is 42.5 Å². The highest BCUT2D eigenvalue weighted by Crippen LogP contribution is 2.38. The van der Waals surface area contributed by atoms with E-state index in [9.17, 15) is 8.42 Å². The van der Waals surface area contributed by atoms with Crippen molar-refractivity contribution in [1.29, 1.82) is 0 Å². The monoisotopic (exact) mass is 345 g/mol. The number of rotatable bonds is 4. The topological polar surface area (TPSA) is 37.4 Å². The third-order valence-electron chi connectivity index (χ3n) is 5.23. The number of hydrogen-bond donors (Lipinski definition) is 0. The number of sulfonamides is 1. The van der Waals surface area contributed by atoms with Gasteiger partial charge in [-0.15, -0.1) is 0 Å². The van der Waals surface area contributed by atoms with E-state index < -0.39 is 10.0 Å². The first-order valence-corrected chi connectivity index (χ1v) is 10.3. The van der Waals surface area contributed by atoms with Crippen LogP contribution in [-0.4, -0.2) is 25.3 Å². The van der Waals surface area contributed by atoms with Gasteiger partial charge in [0.1, 0.15) is 0 Å². The SMILES string of the molecule is CCN(C1CCCC(C)(C)C1)S(=O)(=O)c1ccc2ccccc2c1. The molecule has 130 valence electrons. The van der Waals surface area contributed by atoms with Crippen LogP contribution in [0.4, 0.5) is 0 Å². The van der Waals surface area contributed by atoms with E-state index in [1.807, 2.05) is 37.3 Å². The quantitative estimate of drug-likeness (QED) is 0.797. The summed E-state index contributed by atoms with van der Waals surface area (Å²) in [5, 5.41) is 2.04. The first-order valence-electron chi connectivity index (χ1n) is 8.84. The van der Waals surface area contributed by atoms with Gasteiger partial charge >= 0.3 is 0 Å². The standard InChI is InChI=1S/C20H27NO2S/c1-4-21(18-10-7-13-20(2,3)15-18)24(22,23)19-12-11-16-8-5-6-9-17(16)14-19/h5-6,8-9,11-12,14,18H,4,7,10,13,15H2,1-3H3. The summed E-state index contributed by atoms with van der Waals surface area (Å²) in [5.74, 6) is 0. The van der Waals surface area contributed by atoms with Crippen LogP contribution in [0.2, 0.25) is 0 Å². The minimum Gasteiger partial charge on any atom is -0.207 e. The maximum atomic E-state index is 13.2. The predicted molar refractivity (Wildman–Crippen MR) is 99.6 cm³/mol. The lowest BCUT2D eigenvalue weighted by Crippen LogP contribution is -2.44. The summed E-state index contributed by atoms with van der Waals surface area (Å²) in [6.45, 7) is 6.96. The maximum absolute atomic E-state index is 13.2. The molecule has 0 N–H and O–H groups in total. The van der Waals surface area contributed by atoms with E-state index in [-0.39, 0.29) is 11.5 Å². The molecule has 1 fully saturated rings. The van der Waals surface area contributed by atoms with Gasteiger partial charge < -0.3 is 0 Å². The summed E-state index contributed by atoms with van der Waals surface area (Å²) in [4.78, 5) is 0.409. The average molecular weight is 346 g/mol. The third kappa shape index (κ3) is 3.35. The summed E-state index contributed by atoms with van der Waals surface area (Å²) in [5.41, 5.74) is 0.218. The zero-order valence-electron chi connectivity index (χ0n) is 14.8. The van der Waals surface area contributed by atoms with Crippen LogP contribution in [0.15, 0.2) is 47.4 Å². The Morgan fingerprint density at radius 3 is 2.50 bits per heavy atom. The highest BCUT2D eigenvalue weighted by atomic mass is 32.2. The molecule has 1 unspecified atom stereocenters. The Morgan fingerprint density at radius 1 is 1.12 bits per heavy atom. The van der Waals surface area contributed by atoms with Crippen LogP contribution in [0.3, 0.4) is 0 Å². The summed E-state index contributed by atoms with van der Waals surface area (Å²) >= 11 is 0. The fourth-order valence-electron chi connectivity index (χ4n) is 3.99. The van der Waals surface area contributed by atoms with Crippen molar-refractivity contribution in [3.63, 3.8) is 0 Å². The van der Waals surface area contributed by atoms with Gasteiger partial charge in [0.2, 0.25) is 10.0 Å². The number of benzene rings is 2. The fourth-order valence-corrected chi connectivity index (χ4v) is 5.69. The van der Waals surface area contributed by atoms with Crippen molar-refractivity contribution in [2.75, 3.05) is 6.54 Å².